The molecule has 9 heteroatoms. The summed E-state index contributed by atoms with van der Waals surface area (Å²) in [5.41, 5.74) is 3.79. The Balaban J connectivity index is 1.42. The van der Waals surface area contributed by atoms with E-state index in [0.717, 1.165) is 60.8 Å². The molecule has 1 heterocycles. The fraction of sp³-hybridized carbons (Fsp3) is 0.595. The Morgan fingerprint density at radius 1 is 0.848 bits per heavy atom. The largest absolute Gasteiger partial charge is 0.465 e. The number of hydrogen-bond acceptors (Lipinski definition) is 8. The molecule has 2 aromatic rings. The molecule has 1 aliphatic heterocycles. The number of Topliss-reactive ketones (excluding diaryl/α,β-unsaturated/α-hetero) is 2. The van der Waals surface area contributed by atoms with Crippen LogP contribution in [-0.2, 0) is 20.7 Å². The summed E-state index contributed by atoms with van der Waals surface area (Å²) in [6, 6.07) is 13.0. The van der Waals surface area contributed by atoms with E-state index >= 15 is 0 Å². The number of ether oxygens (including phenoxy) is 2. The lowest BCUT2D eigenvalue weighted by Crippen LogP contribution is -2.56. The van der Waals surface area contributed by atoms with E-state index in [-0.39, 0.29) is 30.3 Å². The molecule has 2 aromatic carbocycles. The van der Waals surface area contributed by atoms with Crippen LogP contribution >= 0.6 is 0 Å². The van der Waals surface area contributed by atoms with E-state index in [0.29, 0.717) is 31.7 Å². The van der Waals surface area contributed by atoms with Gasteiger partial charge in [0.15, 0.2) is 5.78 Å². The zero-order valence-corrected chi connectivity index (χ0v) is 28.0. The lowest BCUT2D eigenvalue weighted by atomic mass is 9.92. The van der Waals surface area contributed by atoms with Crippen LogP contribution in [0, 0.1) is 19.8 Å². The van der Waals surface area contributed by atoms with E-state index in [2.05, 4.69) is 13.0 Å². The number of carbonyl (C=O) groups is 3. The van der Waals surface area contributed by atoms with Crippen molar-refractivity contribution < 1.29 is 39.2 Å². The molecule has 9 nitrogen and oxygen atoms in total. The summed E-state index contributed by atoms with van der Waals surface area (Å²) >= 11 is 0. The maximum absolute atomic E-state index is 12.9. The second kappa shape index (κ2) is 18.9. The number of ketones is 2. The third-order valence-corrected chi connectivity index (χ3v) is 8.65. The molecule has 0 aromatic heterocycles. The van der Waals surface area contributed by atoms with Crippen molar-refractivity contribution in [2.75, 3.05) is 19.7 Å². The predicted octanol–water partition coefficient (Wildman–Crippen LogP) is 5.11. The van der Waals surface area contributed by atoms with Crippen molar-refractivity contribution in [2.24, 2.45) is 5.92 Å². The molecular weight excluding hydrogens is 586 g/mol. The summed E-state index contributed by atoms with van der Waals surface area (Å²) in [6.07, 6.45) is 2.70. The van der Waals surface area contributed by atoms with Gasteiger partial charge in [0, 0.05) is 50.3 Å². The Morgan fingerprint density at radius 3 is 2.17 bits per heavy atom. The molecule has 0 saturated carbocycles. The topological polar surface area (TPSA) is 134 Å². The summed E-state index contributed by atoms with van der Waals surface area (Å²) in [5.74, 6) is 0.268. The number of carbonyl (C=O) groups excluding carboxylic acids is 3. The highest BCUT2D eigenvalue weighted by atomic mass is 16.7. The summed E-state index contributed by atoms with van der Waals surface area (Å²) in [7, 11) is 0. The Kier molecular flexibility index (Phi) is 15.3. The van der Waals surface area contributed by atoms with E-state index in [9.17, 15) is 29.7 Å². The van der Waals surface area contributed by atoms with Crippen molar-refractivity contribution in [2.45, 2.75) is 117 Å². The quantitative estimate of drug-likeness (QED) is 0.143. The lowest BCUT2D eigenvalue weighted by molar-refractivity contribution is -0.256. The molecule has 5 atom stereocenters. The molecule has 3 rings (SSSR count). The average Bonchev–Trinajstić information content (AvgIpc) is 3.03. The molecule has 0 spiro atoms. The van der Waals surface area contributed by atoms with Crippen LogP contribution in [0.1, 0.15) is 98.7 Å². The van der Waals surface area contributed by atoms with Gasteiger partial charge in [-0.1, -0.05) is 62.4 Å². The third kappa shape index (κ3) is 11.6. The smallest absolute Gasteiger partial charge is 0.222 e. The SMILES string of the molecule is CCCCC(=O)N(CCCCCCC(=O)c1cc(C)cc(C)c1)CCC(=O)Cc1ccc(OC2OC(CO)C(O)C(O)C2C)cc1. The first-order chi connectivity index (χ1) is 22.0. The third-order valence-electron chi connectivity index (χ3n) is 8.65. The number of aliphatic hydroxyl groups excluding tert-OH is 3. The first-order valence-electron chi connectivity index (χ1n) is 16.8. The van der Waals surface area contributed by atoms with E-state index in [1.165, 1.54) is 0 Å². The summed E-state index contributed by atoms with van der Waals surface area (Å²) < 4.78 is 11.5. The van der Waals surface area contributed by atoms with Crippen LogP contribution in [0.3, 0.4) is 0 Å². The first-order valence-corrected chi connectivity index (χ1v) is 16.8. The summed E-state index contributed by atoms with van der Waals surface area (Å²) in [4.78, 5) is 40.2. The van der Waals surface area contributed by atoms with Gasteiger partial charge in [-0.15, -0.1) is 0 Å². The minimum atomic E-state index is -1.19. The Morgan fingerprint density at radius 2 is 1.52 bits per heavy atom. The number of rotatable bonds is 19. The van der Waals surface area contributed by atoms with Crippen LogP contribution in [0.25, 0.3) is 0 Å². The molecule has 3 N–H and O–H groups in total. The standard InChI is InChI=1S/C37H53NO8/c1-5-6-12-34(42)38(18-10-8-7-9-11-32(41)29-21-25(2)20-26(3)22-29)19-17-30(40)23-28-13-15-31(16-14-28)45-37-27(4)35(43)36(44)33(24-39)46-37/h13-16,20-22,27,33,35-37,39,43-44H,5-12,17-19,23-24H2,1-4H3. The van der Waals surface area contributed by atoms with Gasteiger partial charge in [-0.2, -0.15) is 0 Å². The maximum Gasteiger partial charge on any atom is 0.222 e. The zero-order chi connectivity index (χ0) is 33.6. The maximum atomic E-state index is 12.9. The van der Waals surface area contributed by atoms with Gasteiger partial charge < -0.3 is 29.7 Å². The van der Waals surface area contributed by atoms with Crippen molar-refractivity contribution in [3.63, 3.8) is 0 Å². The number of amides is 1. The van der Waals surface area contributed by atoms with Gasteiger partial charge in [-0.25, -0.2) is 0 Å². The number of nitrogens with zero attached hydrogens (tertiary/aromatic N) is 1. The fourth-order valence-corrected chi connectivity index (χ4v) is 5.82. The van der Waals surface area contributed by atoms with Gasteiger partial charge in [0.2, 0.25) is 12.2 Å². The molecule has 1 aliphatic rings. The minimum absolute atomic E-state index is 0.0407. The molecular formula is C37H53NO8. The Hall–Kier alpha value is -3.11. The van der Waals surface area contributed by atoms with Crippen LogP contribution < -0.4 is 4.74 Å². The Bertz CT molecular complexity index is 1240. The van der Waals surface area contributed by atoms with E-state index in [1.54, 1.807) is 31.2 Å². The summed E-state index contributed by atoms with van der Waals surface area (Å²) in [5, 5.41) is 29.7. The van der Waals surface area contributed by atoms with Gasteiger partial charge in [-0.05, 0) is 62.9 Å². The fourth-order valence-electron chi connectivity index (χ4n) is 5.82. The second-order valence-electron chi connectivity index (χ2n) is 12.7. The van der Waals surface area contributed by atoms with Crippen molar-refractivity contribution >= 4 is 17.5 Å². The minimum Gasteiger partial charge on any atom is -0.465 e. The van der Waals surface area contributed by atoms with E-state index in [4.69, 9.17) is 9.47 Å². The van der Waals surface area contributed by atoms with Gasteiger partial charge in [0.05, 0.1) is 12.7 Å². The molecule has 0 aliphatic carbocycles. The number of benzene rings is 2. The average molecular weight is 640 g/mol. The molecule has 254 valence electrons. The zero-order valence-electron chi connectivity index (χ0n) is 28.0. The number of hydrogen-bond donors (Lipinski definition) is 3. The van der Waals surface area contributed by atoms with Crippen LogP contribution in [0.2, 0.25) is 0 Å². The van der Waals surface area contributed by atoms with Crippen molar-refractivity contribution in [1.29, 1.82) is 0 Å². The highest BCUT2D eigenvalue weighted by molar-refractivity contribution is 5.96. The molecule has 0 bridgehead atoms. The van der Waals surface area contributed by atoms with Crippen molar-refractivity contribution in [1.82, 2.24) is 4.90 Å². The highest BCUT2D eigenvalue weighted by Gasteiger charge is 2.43. The van der Waals surface area contributed by atoms with E-state index in [1.807, 2.05) is 30.9 Å². The Labute approximate surface area is 273 Å². The predicted molar refractivity (Wildman–Crippen MR) is 177 cm³/mol. The molecule has 1 amide bonds. The number of aryl methyl sites for hydroxylation is 2. The van der Waals surface area contributed by atoms with Crippen LogP contribution in [0.15, 0.2) is 42.5 Å². The van der Waals surface area contributed by atoms with Crippen LogP contribution in [0.5, 0.6) is 5.75 Å². The van der Waals surface area contributed by atoms with Crippen LogP contribution in [-0.4, -0.2) is 82.0 Å². The first kappa shape index (κ1) is 37.3. The molecule has 5 unspecified atom stereocenters. The summed E-state index contributed by atoms with van der Waals surface area (Å²) in [6.45, 7) is 8.32. The number of unbranched alkanes of at least 4 members (excludes halogenated alkanes) is 4. The van der Waals surface area contributed by atoms with Crippen molar-refractivity contribution in [3.8, 4) is 5.75 Å². The molecule has 1 fully saturated rings. The highest BCUT2D eigenvalue weighted by Crippen LogP contribution is 2.28. The van der Waals surface area contributed by atoms with Gasteiger partial charge >= 0.3 is 0 Å². The lowest BCUT2D eigenvalue weighted by Gasteiger charge is -2.40. The monoisotopic (exact) mass is 639 g/mol. The van der Waals surface area contributed by atoms with E-state index < -0.39 is 37.1 Å². The molecule has 46 heavy (non-hydrogen) atoms. The normalized spacial score (nSPS) is 21.2. The van der Waals surface area contributed by atoms with Crippen LogP contribution in [0.4, 0.5) is 0 Å². The molecule has 1 saturated heterocycles. The van der Waals surface area contributed by atoms with Crippen molar-refractivity contribution in [3.05, 3.63) is 64.7 Å². The molecule has 0 radical (unpaired) electrons. The van der Waals surface area contributed by atoms with Gasteiger partial charge in [-0.3, -0.25) is 14.4 Å². The number of aliphatic hydroxyl groups is 3. The second-order valence-corrected chi connectivity index (χ2v) is 12.7. The van der Waals surface area contributed by atoms with Gasteiger partial charge in [0.1, 0.15) is 23.7 Å². The van der Waals surface area contributed by atoms with Gasteiger partial charge in [0.25, 0.3) is 0 Å².